The van der Waals surface area contributed by atoms with E-state index in [1.165, 1.54) is 17.2 Å². The lowest BCUT2D eigenvalue weighted by Gasteiger charge is -2.32. The largest absolute Gasteiger partial charge is 0.296 e. The molecule has 0 saturated heterocycles. The van der Waals surface area contributed by atoms with Gasteiger partial charge in [-0.25, -0.2) is 4.39 Å². The molecule has 0 aromatic heterocycles. The van der Waals surface area contributed by atoms with Crippen LogP contribution in [0.4, 0.5) is 4.39 Å². The van der Waals surface area contributed by atoms with E-state index in [0.29, 0.717) is 12.6 Å². The van der Waals surface area contributed by atoms with Crippen LogP contribution in [0.5, 0.6) is 0 Å². The van der Waals surface area contributed by atoms with Gasteiger partial charge in [0.2, 0.25) is 0 Å². The Labute approximate surface area is 160 Å². The van der Waals surface area contributed by atoms with Gasteiger partial charge in [-0.2, -0.15) is 0 Å². The molecule has 0 spiro atoms. The molecule has 0 N–H and O–H groups in total. The summed E-state index contributed by atoms with van der Waals surface area (Å²) in [7, 11) is 0. The fraction of sp³-hybridized carbons (Fsp3) is 0.500. The van der Waals surface area contributed by atoms with Crippen molar-refractivity contribution in [2.75, 3.05) is 13.1 Å². The predicted molar refractivity (Wildman–Crippen MR) is 113 cm³/mol. The van der Waals surface area contributed by atoms with E-state index in [1.54, 1.807) is 0 Å². The summed E-state index contributed by atoms with van der Waals surface area (Å²) in [4.78, 5) is 2.46. The minimum absolute atomic E-state index is 0.213. The molecule has 1 rings (SSSR count). The third-order valence-electron chi connectivity index (χ3n) is 4.80. The van der Waals surface area contributed by atoms with E-state index in [9.17, 15) is 4.39 Å². The number of aryl methyl sites for hydroxylation is 1. The highest BCUT2D eigenvalue weighted by Gasteiger charge is 2.19. The van der Waals surface area contributed by atoms with Gasteiger partial charge in [-0.05, 0) is 44.7 Å². The number of halogens is 1. The molecule has 26 heavy (non-hydrogen) atoms. The van der Waals surface area contributed by atoms with Gasteiger partial charge in [0.05, 0.1) is 0 Å². The first kappa shape index (κ1) is 22.4. The molecule has 0 aliphatic rings. The lowest BCUT2D eigenvalue weighted by atomic mass is 10.0. The summed E-state index contributed by atoms with van der Waals surface area (Å²) >= 11 is 0. The van der Waals surface area contributed by atoms with Crippen molar-refractivity contribution in [3.8, 4) is 0 Å². The van der Waals surface area contributed by atoms with Crippen LogP contribution in [0.25, 0.3) is 0 Å². The van der Waals surface area contributed by atoms with E-state index in [4.69, 9.17) is 0 Å². The quantitative estimate of drug-likeness (QED) is 0.372. The van der Waals surface area contributed by atoms with E-state index in [1.807, 2.05) is 19.1 Å². The Balaban J connectivity index is 2.99. The Morgan fingerprint density at radius 2 is 1.77 bits per heavy atom. The molecule has 0 unspecified atom stereocenters. The maximum absolute atomic E-state index is 14.3. The molecule has 144 valence electrons. The molecule has 0 heterocycles. The molecular formula is C24H36FN. The van der Waals surface area contributed by atoms with E-state index in [0.717, 1.165) is 44.2 Å². The molecule has 0 atom stereocenters. The second kappa shape index (κ2) is 12.6. The molecule has 2 heteroatoms. The van der Waals surface area contributed by atoms with Crippen LogP contribution in [0.15, 0.2) is 60.5 Å². The second-order valence-electron chi connectivity index (χ2n) is 7.01. The summed E-state index contributed by atoms with van der Waals surface area (Å²) in [6.45, 7) is 13.7. The maximum atomic E-state index is 14.3. The van der Waals surface area contributed by atoms with Gasteiger partial charge in [0.15, 0.2) is 0 Å². The van der Waals surface area contributed by atoms with Crippen molar-refractivity contribution in [2.45, 2.75) is 65.8 Å². The molecule has 0 aliphatic heterocycles. The predicted octanol–water partition coefficient (Wildman–Crippen LogP) is 6.79. The number of benzene rings is 1. The molecule has 0 bridgehead atoms. The number of allylic oxidation sites excluding steroid dienone is 3. The van der Waals surface area contributed by atoms with Crippen molar-refractivity contribution >= 4 is 0 Å². The Bertz CT molecular complexity index is 577. The Morgan fingerprint density at radius 3 is 2.27 bits per heavy atom. The first-order chi connectivity index (χ1) is 12.5. The smallest absolute Gasteiger partial charge is 0.127 e. The monoisotopic (exact) mass is 357 g/mol. The lowest BCUT2D eigenvalue weighted by molar-refractivity contribution is 0.192. The van der Waals surface area contributed by atoms with Gasteiger partial charge < -0.3 is 0 Å². The Morgan fingerprint density at radius 1 is 1.15 bits per heavy atom. The zero-order valence-corrected chi connectivity index (χ0v) is 17.1. The summed E-state index contributed by atoms with van der Waals surface area (Å²) in [6.07, 6.45) is 10.7. The minimum Gasteiger partial charge on any atom is -0.296 e. The first-order valence-corrected chi connectivity index (χ1v) is 9.99. The number of rotatable bonds is 12. The fourth-order valence-corrected chi connectivity index (χ4v) is 3.35. The average molecular weight is 358 g/mol. The van der Waals surface area contributed by atoms with Gasteiger partial charge in [-0.1, -0.05) is 75.2 Å². The highest BCUT2D eigenvalue weighted by Crippen LogP contribution is 2.19. The van der Waals surface area contributed by atoms with Crippen molar-refractivity contribution in [1.82, 2.24) is 4.90 Å². The lowest BCUT2D eigenvalue weighted by Crippen LogP contribution is -2.38. The Hall–Kier alpha value is -1.67. The van der Waals surface area contributed by atoms with Gasteiger partial charge in [-0.3, -0.25) is 4.90 Å². The zero-order chi connectivity index (χ0) is 19.4. The van der Waals surface area contributed by atoms with Crippen molar-refractivity contribution in [3.05, 3.63) is 71.6 Å². The van der Waals surface area contributed by atoms with Gasteiger partial charge in [0, 0.05) is 24.7 Å². The van der Waals surface area contributed by atoms with Crippen molar-refractivity contribution < 1.29 is 4.39 Å². The van der Waals surface area contributed by atoms with Crippen LogP contribution >= 0.6 is 0 Å². The van der Waals surface area contributed by atoms with Crippen LogP contribution in [-0.4, -0.2) is 24.0 Å². The van der Waals surface area contributed by atoms with E-state index in [2.05, 4.69) is 56.5 Å². The maximum Gasteiger partial charge on any atom is 0.127 e. The minimum atomic E-state index is -0.213. The average Bonchev–Trinajstić information content (AvgIpc) is 2.64. The van der Waals surface area contributed by atoms with Crippen LogP contribution in [0, 0.1) is 6.92 Å². The van der Waals surface area contributed by atoms with Crippen LogP contribution in [-0.2, 0) is 6.42 Å². The molecule has 0 radical (unpaired) electrons. The Kier molecular flexibility index (Phi) is 10.9. The molecular weight excluding hydrogens is 321 g/mol. The van der Waals surface area contributed by atoms with E-state index >= 15 is 0 Å². The van der Waals surface area contributed by atoms with Crippen LogP contribution in [0.3, 0.4) is 0 Å². The standard InChI is InChI=1S/C24H36FN/c1-6-10-22(24(25)9-4)19-26(23(11-7-2)12-8-3)18-17-21-15-13-20(5)14-16-21/h6,9-10,13-16,23H,4,7-8,11-12,17-19H2,1-3,5H3/b10-6-,24-22-. The summed E-state index contributed by atoms with van der Waals surface area (Å²) in [5.74, 6) is -0.213. The first-order valence-electron chi connectivity index (χ1n) is 9.99. The van der Waals surface area contributed by atoms with Gasteiger partial charge >= 0.3 is 0 Å². The topological polar surface area (TPSA) is 3.24 Å². The van der Waals surface area contributed by atoms with Gasteiger partial charge in [0.25, 0.3) is 0 Å². The second-order valence-corrected chi connectivity index (χ2v) is 7.01. The van der Waals surface area contributed by atoms with Crippen molar-refractivity contribution in [1.29, 1.82) is 0 Å². The van der Waals surface area contributed by atoms with Crippen LogP contribution in [0.1, 0.15) is 57.6 Å². The van der Waals surface area contributed by atoms with Crippen molar-refractivity contribution in [3.63, 3.8) is 0 Å². The van der Waals surface area contributed by atoms with Crippen LogP contribution in [0.2, 0.25) is 0 Å². The third-order valence-corrected chi connectivity index (χ3v) is 4.80. The summed E-state index contributed by atoms with van der Waals surface area (Å²) in [6, 6.07) is 9.23. The molecule has 0 saturated carbocycles. The molecule has 1 nitrogen and oxygen atoms in total. The molecule has 1 aromatic carbocycles. The third kappa shape index (κ3) is 7.70. The summed E-state index contributed by atoms with van der Waals surface area (Å²) in [5, 5.41) is 0. The van der Waals surface area contributed by atoms with Crippen molar-refractivity contribution in [2.24, 2.45) is 0 Å². The van der Waals surface area contributed by atoms with Crippen LogP contribution < -0.4 is 0 Å². The van der Waals surface area contributed by atoms with Gasteiger partial charge in [-0.15, -0.1) is 0 Å². The highest BCUT2D eigenvalue weighted by molar-refractivity contribution is 5.29. The van der Waals surface area contributed by atoms with E-state index < -0.39 is 0 Å². The summed E-state index contributed by atoms with van der Waals surface area (Å²) in [5.41, 5.74) is 3.35. The molecule has 0 amide bonds. The molecule has 0 aliphatic carbocycles. The highest BCUT2D eigenvalue weighted by atomic mass is 19.1. The normalized spacial score (nSPS) is 12.9. The van der Waals surface area contributed by atoms with E-state index in [-0.39, 0.29) is 5.83 Å². The fourth-order valence-electron chi connectivity index (χ4n) is 3.35. The summed E-state index contributed by atoms with van der Waals surface area (Å²) < 4.78 is 14.3. The SMILES string of the molecule is C=C/C(F)=C(\C=C/C)CN(CCc1ccc(C)cc1)C(CCC)CCC. The van der Waals surface area contributed by atoms with Gasteiger partial charge in [0.1, 0.15) is 5.83 Å². The number of hydrogen-bond acceptors (Lipinski definition) is 1. The number of nitrogens with zero attached hydrogens (tertiary/aromatic N) is 1. The zero-order valence-electron chi connectivity index (χ0n) is 17.1. The number of hydrogen-bond donors (Lipinski definition) is 0. The molecule has 0 fully saturated rings. The molecule has 1 aromatic rings.